The molecular weight excluding hydrogens is 482 g/mol. The molecule has 3 aromatic heterocycles. The molecule has 13 heteroatoms. The highest BCUT2D eigenvalue weighted by atomic mass is 32.2. The summed E-state index contributed by atoms with van der Waals surface area (Å²) in [5.41, 5.74) is 8.87. The summed E-state index contributed by atoms with van der Waals surface area (Å²) in [6.07, 6.45) is 7.29. The Morgan fingerprint density at radius 3 is 2.36 bits per heavy atom. The first-order chi connectivity index (χ1) is 17.3. The molecule has 0 atom stereocenters. The van der Waals surface area contributed by atoms with Crippen molar-refractivity contribution in [2.24, 2.45) is 5.92 Å². The van der Waals surface area contributed by atoms with E-state index in [1.165, 1.54) is 0 Å². The molecule has 0 aromatic carbocycles. The Labute approximate surface area is 211 Å². The number of nitrogen functional groups attached to an aromatic ring is 1. The molecule has 2 saturated heterocycles. The lowest BCUT2D eigenvalue weighted by molar-refractivity contribution is 0.122. The van der Waals surface area contributed by atoms with Crippen molar-refractivity contribution in [2.45, 2.75) is 20.4 Å². The molecule has 36 heavy (non-hydrogen) atoms. The Hall–Kier alpha value is -2.87. The van der Waals surface area contributed by atoms with E-state index in [1.807, 2.05) is 30.6 Å². The second-order valence-electron chi connectivity index (χ2n) is 9.69. The van der Waals surface area contributed by atoms with Crippen LogP contribution in [-0.2, 0) is 21.3 Å². The van der Waals surface area contributed by atoms with E-state index in [0.29, 0.717) is 45.9 Å². The highest BCUT2D eigenvalue weighted by molar-refractivity contribution is 7.89. The van der Waals surface area contributed by atoms with Crippen molar-refractivity contribution in [3.63, 3.8) is 0 Å². The van der Waals surface area contributed by atoms with Gasteiger partial charge in [0.15, 0.2) is 11.5 Å². The molecule has 0 aliphatic carbocycles. The van der Waals surface area contributed by atoms with E-state index in [0.717, 1.165) is 41.5 Å². The minimum Gasteiger partial charge on any atom is -0.378 e. The van der Waals surface area contributed by atoms with Crippen LogP contribution in [0.15, 0.2) is 24.8 Å². The number of imidazole rings is 1. The fraction of sp³-hybridized carbons (Fsp3) is 0.565. The molecule has 194 valence electrons. The van der Waals surface area contributed by atoms with Crippen LogP contribution in [0, 0.1) is 5.92 Å². The molecule has 0 spiro atoms. The number of aromatic nitrogens is 5. The Bertz CT molecular complexity index is 1300. The first kappa shape index (κ1) is 24.8. The van der Waals surface area contributed by atoms with Crippen LogP contribution in [0.5, 0.6) is 0 Å². The summed E-state index contributed by atoms with van der Waals surface area (Å²) < 4.78 is 34.3. The number of hydrogen-bond donors (Lipinski definition) is 1. The summed E-state index contributed by atoms with van der Waals surface area (Å²) >= 11 is 0. The number of sulfonamides is 1. The highest BCUT2D eigenvalue weighted by Gasteiger charge is 2.28. The van der Waals surface area contributed by atoms with Crippen molar-refractivity contribution >= 4 is 27.4 Å². The predicted molar refractivity (Wildman–Crippen MR) is 137 cm³/mol. The van der Waals surface area contributed by atoms with Crippen molar-refractivity contribution in [2.75, 3.05) is 68.9 Å². The zero-order valence-corrected chi connectivity index (χ0v) is 21.6. The number of rotatable bonds is 7. The third kappa shape index (κ3) is 5.43. The number of fused-ring (bicyclic) bond motifs is 1. The molecule has 5 rings (SSSR count). The summed E-state index contributed by atoms with van der Waals surface area (Å²) in [6.45, 7) is 9.62. The van der Waals surface area contributed by atoms with Crippen molar-refractivity contribution in [3.05, 3.63) is 30.5 Å². The lowest BCUT2D eigenvalue weighted by Crippen LogP contribution is -2.49. The quantitative estimate of drug-likeness (QED) is 0.479. The van der Waals surface area contributed by atoms with Gasteiger partial charge in [0.25, 0.3) is 0 Å². The molecule has 2 N–H and O–H groups in total. The third-order valence-electron chi connectivity index (χ3n) is 6.40. The largest absolute Gasteiger partial charge is 0.378 e. The zero-order valence-electron chi connectivity index (χ0n) is 20.7. The maximum absolute atomic E-state index is 12.6. The molecule has 0 radical (unpaired) electrons. The first-order valence-corrected chi connectivity index (χ1v) is 13.9. The highest BCUT2D eigenvalue weighted by Crippen LogP contribution is 2.26. The Morgan fingerprint density at radius 1 is 1.00 bits per heavy atom. The van der Waals surface area contributed by atoms with Crippen LogP contribution in [0.25, 0.3) is 16.9 Å². The maximum atomic E-state index is 12.6. The first-order valence-electron chi connectivity index (χ1n) is 12.3. The van der Waals surface area contributed by atoms with Gasteiger partial charge in [-0.2, -0.15) is 4.31 Å². The number of nitrogens with two attached hydrogens (primary N) is 1. The second-order valence-corrected chi connectivity index (χ2v) is 11.7. The average Bonchev–Trinajstić information content (AvgIpc) is 3.26. The number of morpholine rings is 1. The molecule has 2 aliphatic heterocycles. The SMILES string of the molecule is CC(C)CS(=O)(=O)N1CCN(Cc2cn3cc(-c4cnc(N)nc4)nc(N4CCOCC4)c3n2)CC1. The Morgan fingerprint density at radius 2 is 1.69 bits per heavy atom. The Kier molecular flexibility index (Phi) is 7.06. The van der Waals surface area contributed by atoms with Gasteiger partial charge in [-0.15, -0.1) is 0 Å². The van der Waals surface area contributed by atoms with Crippen molar-refractivity contribution in [1.82, 2.24) is 33.5 Å². The minimum absolute atomic E-state index is 0.116. The van der Waals surface area contributed by atoms with Crippen LogP contribution < -0.4 is 10.6 Å². The number of anilines is 2. The van der Waals surface area contributed by atoms with Crippen LogP contribution in [-0.4, -0.2) is 100 Å². The molecule has 2 fully saturated rings. The molecule has 0 amide bonds. The summed E-state index contributed by atoms with van der Waals surface area (Å²) in [5.74, 6) is 1.32. The summed E-state index contributed by atoms with van der Waals surface area (Å²) in [6, 6.07) is 0. The van der Waals surface area contributed by atoms with Crippen LogP contribution in [0.3, 0.4) is 0 Å². The predicted octanol–water partition coefficient (Wildman–Crippen LogP) is 0.709. The lowest BCUT2D eigenvalue weighted by Gasteiger charge is -2.33. The molecule has 0 unspecified atom stereocenters. The van der Waals surface area contributed by atoms with Gasteiger partial charge in [-0.05, 0) is 5.92 Å². The second kappa shape index (κ2) is 10.2. The van der Waals surface area contributed by atoms with E-state index in [2.05, 4.69) is 19.8 Å². The van der Waals surface area contributed by atoms with Gasteiger partial charge < -0.3 is 19.8 Å². The van der Waals surface area contributed by atoms with Gasteiger partial charge in [0.2, 0.25) is 16.0 Å². The van der Waals surface area contributed by atoms with E-state index >= 15 is 0 Å². The molecule has 12 nitrogen and oxygen atoms in total. The van der Waals surface area contributed by atoms with E-state index < -0.39 is 10.0 Å². The lowest BCUT2D eigenvalue weighted by atomic mass is 10.2. The Balaban J connectivity index is 1.38. The zero-order chi connectivity index (χ0) is 25.3. The molecule has 3 aromatic rings. The van der Waals surface area contributed by atoms with Gasteiger partial charge >= 0.3 is 0 Å². The van der Waals surface area contributed by atoms with Crippen molar-refractivity contribution in [1.29, 1.82) is 0 Å². The van der Waals surface area contributed by atoms with Crippen LogP contribution in [0.4, 0.5) is 11.8 Å². The van der Waals surface area contributed by atoms with Gasteiger partial charge in [0.1, 0.15) is 0 Å². The van der Waals surface area contributed by atoms with Crippen LogP contribution in [0.2, 0.25) is 0 Å². The van der Waals surface area contributed by atoms with E-state index in [9.17, 15) is 8.42 Å². The summed E-state index contributed by atoms with van der Waals surface area (Å²) in [4.78, 5) is 22.5. The smallest absolute Gasteiger partial charge is 0.219 e. The summed E-state index contributed by atoms with van der Waals surface area (Å²) in [7, 11) is -3.21. The van der Waals surface area contributed by atoms with Gasteiger partial charge in [0.05, 0.1) is 30.4 Å². The number of ether oxygens (including phenoxy) is 1. The van der Waals surface area contributed by atoms with Crippen LogP contribution >= 0.6 is 0 Å². The monoisotopic (exact) mass is 515 g/mol. The van der Waals surface area contributed by atoms with Crippen LogP contribution in [0.1, 0.15) is 19.5 Å². The van der Waals surface area contributed by atoms with E-state index in [1.54, 1.807) is 16.7 Å². The molecule has 2 aliphatic rings. The van der Waals surface area contributed by atoms with Crippen molar-refractivity contribution < 1.29 is 13.2 Å². The van der Waals surface area contributed by atoms with Gasteiger partial charge in [-0.3, -0.25) is 4.90 Å². The van der Waals surface area contributed by atoms with E-state index in [4.69, 9.17) is 20.4 Å². The normalized spacial score (nSPS) is 18.4. The fourth-order valence-corrected chi connectivity index (χ4v) is 6.40. The third-order valence-corrected chi connectivity index (χ3v) is 8.64. The molecule has 5 heterocycles. The van der Waals surface area contributed by atoms with Gasteiger partial charge in [-0.1, -0.05) is 13.8 Å². The fourth-order valence-electron chi connectivity index (χ4n) is 4.63. The average molecular weight is 516 g/mol. The molecule has 0 bridgehead atoms. The standard InChI is InChI=1S/C23H33N9O3S/c1-17(2)16-36(33,34)32-5-3-29(4-6-32)13-19-14-31-15-20(18-11-25-23(24)26-12-18)28-22(21(31)27-19)30-7-9-35-10-8-30/h11-12,14-15,17H,3-10,13,16H2,1-2H3,(H2,24,25,26). The number of piperazine rings is 1. The van der Waals surface area contributed by atoms with Gasteiger partial charge in [-0.25, -0.2) is 28.4 Å². The molecule has 0 saturated carbocycles. The number of hydrogen-bond acceptors (Lipinski definition) is 10. The van der Waals surface area contributed by atoms with Crippen molar-refractivity contribution in [3.8, 4) is 11.3 Å². The number of nitrogens with zero attached hydrogens (tertiary/aromatic N) is 8. The summed E-state index contributed by atoms with van der Waals surface area (Å²) in [5, 5.41) is 0. The topological polar surface area (TPSA) is 135 Å². The van der Waals surface area contributed by atoms with Gasteiger partial charge in [0, 0.05) is 76.2 Å². The maximum Gasteiger partial charge on any atom is 0.219 e. The minimum atomic E-state index is -3.21. The molecular formula is C23H33N9O3S. The van der Waals surface area contributed by atoms with E-state index in [-0.39, 0.29) is 17.6 Å².